The zero-order valence-corrected chi connectivity index (χ0v) is 28.9. The Labute approximate surface area is 226 Å². The van der Waals surface area contributed by atoms with Crippen molar-refractivity contribution in [3.8, 4) is 0 Å². The molecule has 1 atom stereocenters. The van der Waals surface area contributed by atoms with Gasteiger partial charge in [-0.15, -0.1) is 0 Å². The second-order valence-electron chi connectivity index (χ2n) is 3.31. The zero-order chi connectivity index (χ0) is 17.0. The van der Waals surface area contributed by atoms with Gasteiger partial charge in [0.2, 0.25) is 4.51 Å². The van der Waals surface area contributed by atoms with E-state index in [-0.39, 0.29) is 0 Å². The summed E-state index contributed by atoms with van der Waals surface area (Å²) in [6.07, 6.45) is 0. The molecule has 1 nitrogen and oxygen atoms in total. The Kier molecular flexibility index (Phi) is 10.9. The summed E-state index contributed by atoms with van der Waals surface area (Å²) in [4.78, 5) is 0. The first-order valence-electron chi connectivity index (χ1n) is 3.91. The fraction of sp³-hybridized carbons (Fsp3) is 1.00. The molecule has 0 saturated carbocycles. The lowest BCUT2D eigenvalue weighted by molar-refractivity contribution is 0.0496. The molecule has 0 bridgehead atoms. The normalized spacial score (nSPS) is 18.9. The van der Waals surface area contributed by atoms with Crippen molar-refractivity contribution in [1.29, 1.82) is 0 Å². The van der Waals surface area contributed by atoms with Crippen molar-refractivity contribution in [2.75, 3.05) is 0 Å². The molecule has 0 aromatic heterocycles. The molecule has 0 N–H and O–H groups in total. The van der Waals surface area contributed by atoms with Gasteiger partial charge in [-0.2, -0.15) is 0 Å². The number of hydrogen-bond donors (Lipinski definition) is 0. The van der Waals surface area contributed by atoms with Crippen LogP contribution in [0.3, 0.4) is 0 Å². The molecular formula is C6Br13O. The van der Waals surface area contributed by atoms with Gasteiger partial charge in [-0.25, -0.2) is 5.11 Å². The van der Waals surface area contributed by atoms with Gasteiger partial charge in [0.25, 0.3) is 0 Å². The van der Waals surface area contributed by atoms with Gasteiger partial charge in [-0.1, -0.05) is 191 Å². The van der Waals surface area contributed by atoms with E-state index in [2.05, 4.69) is 207 Å². The predicted octanol–water partition coefficient (Wildman–Crippen LogP) is 9.64. The molecule has 0 aliphatic carbocycles. The first kappa shape index (κ1) is 26.2. The Morgan fingerprint density at radius 2 is 0.650 bits per heavy atom. The van der Waals surface area contributed by atoms with E-state index in [0.29, 0.717) is 0 Å². The zero-order valence-electron chi connectivity index (χ0n) is 8.32. The van der Waals surface area contributed by atoms with Gasteiger partial charge in [0, 0.05) is 0 Å². The highest BCUT2D eigenvalue weighted by atomic mass is 80.0. The Hall–Kier alpha value is 6.20. The standard InChI is InChI=1S/C6Br13O/c7-1(8,2(9,10)5(14,15)16)4(13,20)3(11,12)6(17,18)19. The predicted molar refractivity (Wildman–Crippen MR) is 133 cm³/mol. The minimum Gasteiger partial charge on any atom is -0.212 e. The lowest BCUT2D eigenvalue weighted by Crippen LogP contribution is -2.64. The topological polar surface area (TPSA) is 19.9 Å². The summed E-state index contributed by atoms with van der Waals surface area (Å²) in [7, 11) is 0. The van der Waals surface area contributed by atoms with E-state index < -0.39 is 18.5 Å². The molecule has 0 saturated heterocycles. The Morgan fingerprint density at radius 3 is 0.850 bits per heavy atom. The summed E-state index contributed by atoms with van der Waals surface area (Å²) in [5.41, 5.74) is 0. The van der Waals surface area contributed by atoms with Crippen molar-refractivity contribution in [2.24, 2.45) is 0 Å². The minimum atomic E-state index is -1.88. The molecule has 0 aromatic carbocycles. The third-order valence-corrected chi connectivity index (χ3v) is 24.3. The highest BCUT2D eigenvalue weighted by Gasteiger charge is 2.74. The highest BCUT2D eigenvalue weighted by molar-refractivity contribution is 9.42. The molecule has 121 valence electrons. The second-order valence-corrected chi connectivity index (χ2v) is 28.3. The molecule has 1 unspecified atom stereocenters. The smallest absolute Gasteiger partial charge is 0.212 e. The molecule has 0 aromatic rings. The lowest BCUT2D eigenvalue weighted by atomic mass is 10.1. The van der Waals surface area contributed by atoms with Crippen molar-refractivity contribution in [3.05, 3.63) is 0 Å². The average molecular weight is 1130 g/mol. The highest BCUT2D eigenvalue weighted by Crippen LogP contribution is 2.72. The Morgan fingerprint density at radius 1 is 0.400 bits per heavy atom. The molecule has 0 amide bonds. The van der Waals surface area contributed by atoms with Crippen LogP contribution in [-0.4, -0.2) is 18.5 Å². The molecule has 0 fully saturated rings. The number of alkyl halides is 13. The Balaban J connectivity index is 6.08. The SMILES string of the molecule is [O]C(Br)(C(Br)(Br)C(Br)(Br)Br)C(Br)(Br)C(Br)(Br)C(Br)(Br)Br. The molecule has 0 aliphatic rings. The molecule has 0 spiro atoms. The van der Waals surface area contributed by atoms with Gasteiger partial charge >= 0.3 is 0 Å². The summed E-state index contributed by atoms with van der Waals surface area (Å²) < 4.78 is -7.25. The van der Waals surface area contributed by atoms with Crippen LogP contribution in [0.15, 0.2) is 0 Å². The third-order valence-electron chi connectivity index (χ3n) is 1.91. The van der Waals surface area contributed by atoms with Crippen molar-refractivity contribution in [3.63, 3.8) is 0 Å². The van der Waals surface area contributed by atoms with E-state index in [9.17, 15) is 5.11 Å². The molecule has 14 heteroatoms. The summed E-state index contributed by atoms with van der Waals surface area (Å²) >= 11 is 44.1. The lowest BCUT2D eigenvalue weighted by Gasteiger charge is -2.51. The Bertz CT molecular complexity index is 324. The van der Waals surface area contributed by atoms with Gasteiger partial charge < -0.3 is 0 Å². The average Bonchev–Trinajstić information content (AvgIpc) is 2.12. The first-order valence-corrected chi connectivity index (χ1v) is 14.2. The molecule has 0 heterocycles. The van der Waals surface area contributed by atoms with Crippen molar-refractivity contribution >= 4 is 207 Å². The van der Waals surface area contributed by atoms with Crippen LogP contribution in [-0.2, 0) is 5.11 Å². The molecular weight excluding hydrogens is 1130 g/mol. The van der Waals surface area contributed by atoms with Crippen LogP contribution in [0.5, 0.6) is 0 Å². The molecule has 20 heavy (non-hydrogen) atoms. The minimum absolute atomic E-state index is 0.861. The van der Waals surface area contributed by atoms with Gasteiger partial charge in [-0.05, 0) is 15.9 Å². The van der Waals surface area contributed by atoms with Crippen LogP contribution < -0.4 is 0 Å². The van der Waals surface area contributed by atoms with Crippen LogP contribution in [0.2, 0.25) is 0 Å². The monoisotopic (exact) mass is 1110 g/mol. The van der Waals surface area contributed by atoms with E-state index in [0.717, 1.165) is 0 Å². The summed E-state index contributed by atoms with van der Waals surface area (Å²) in [5.74, 6) is 0. The fourth-order valence-electron chi connectivity index (χ4n) is 0.759. The molecule has 0 rings (SSSR count). The van der Waals surface area contributed by atoms with Crippen molar-refractivity contribution in [2.45, 2.75) is 18.5 Å². The van der Waals surface area contributed by atoms with Gasteiger partial charge in [0.15, 0.2) is 10.8 Å². The van der Waals surface area contributed by atoms with Crippen LogP contribution in [0.4, 0.5) is 0 Å². The largest absolute Gasteiger partial charge is 0.213 e. The summed E-state index contributed by atoms with van der Waals surface area (Å²) in [6, 6.07) is 0. The fourth-order valence-corrected chi connectivity index (χ4v) is 9.42. The van der Waals surface area contributed by atoms with E-state index in [1.54, 1.807) is 0 Å². The number of rotatable bonds is 3. The van der Waals surface area contributed by atoms with Crippen LogP contribution in [0.1, 0.15) is 0 Å². The van der Waals surface area contributed by atoms with Gasteiger partial charge in [0.05, 0.1) is 0 Å². The first-order chi connectivity index (χ1) is 8.25. The van der Waals surface area contributed by atoms with Gasteiger partial charge in [-0.3, -0.25) is 0 Å². The van der Waals surface area contributed by atoms with Crippen LogP contribution >= 0.6 is 207 Å². The third kappa shape index (κ3) is 4.97. The van der Waals surface area contributed by atoms with Crippen molar-refractivity contribution in [1.82, 2.24) is 0 Å². The van der Waals surface area contributed by atoms with Crippen molar-refractivity contribution < 1.29 is 5.11 Å². The van der Waals surface area contributed by atoms with E-state index in [4.69, 9.17) is 0 Å². The van der Waals surface area contributed by atoms with Gasteiger partial charge in [0.1, 0.15) is 3.23 Å². The summed E-state index contributed by atoms with van der Waals surface area (Å²) in [6.45, 7) is 0. The van der Waals surface area contributed by atoms with E-state index in [1.807, 2.05) is 0 Å². The second kappa shape index (κ2) is 8.29. The molecule has 0 aliphatic heterocycles. The van der Waals surface area contributed by atoms with E-state index >= 15 is 0 Å². The maximum atomic E-state index is 13.4. The number of hydrogen-bond acceptors (Lipinski definition) is 0. The number of halogens is 13. The quantitative estimate of drug-likeness (QED) is 0.251. The van der Waals surface area contributed by atoms with Crippen LogP contribution in [0, 0.1) is 0 Å². The molecule has 1 radical (unpaired) electrons. The van der Waals surface area contributed by atoms with E-state index in [1.165, 1.54) is 0 Å². The summed E-state index contributed by atoms with van der Waals surface area (Å²) in [5, 5.41) is 13.4. The maximum Gasteiger partial charge on any atom is 0.213 e. The maximum absolute atomic E-state index is 13.4. The van der Waals surface area contributed by atoms with Crippen LogP contribution in [0.25, 0.3) is 0 Å².